The molecule has 0 saturated carbocycles. The minimum atomic E-state index is 0.750. The highest BCUT2D eigenvalue weighted by Gasteiger charge is 2.03. The van der Waals surface area contributed by atoms with Crippen molar-refractivity contribution in [3.63, 3.8) is 0 Å². The van der Waals surface area contributed by atoms with Gasteiger partial charge in [0.1, 0.15) is 0 Å². The van der Waals surface area contributed by atoms with Crippen LogP contribution in [0.1, 0.15) is 11.3 Å². The molecule has 90 valence electrons. The standard InChI is InChI=1S/C14H14N4/c1-11-13(5-4-7-15-11)16-9-12-10-17-18-8-3-2-6-14(12)18/h2-8,10,16H,9H2,1H3. The molecule has 0 bridgehead atoms. The van der Waals surface area contributed by atoms with E-state index in [-0.39, 0.29) is 0 Å². The normalized spacial score (nSPS) is 10.7. The summed E-state index contributed by atoms with van der Waals surface area (Å²) in [6.45, 7) is 2.75. The van der Waals surface area contributed by atoms with Gasteiger partial charge in [-0.05, 0) is 31.2 Å². The van der Waals surface area contributed by atoms with Gasteiger partial charge in [-0.15, -0.1) is 0 Å². The van der Waals surface area contributed by atoms with Crippen molar-refractivity contribution >= 4 is 11.2 Å². The maximum atomic E-state index is 4.31. The largest absolute Gasteiger partial charge is 0.379 e. The van der Waals surface area contributed by atoms with Gasteiger partial charge in [0.2, 0.25) is 0 Å². The van der Waals surface area contributed by atoms with Crippen molar-refractivity contribution in [2.45, 2.75) is 13.5 Å². The molecule has 0 spiro atoms. The van der Waals surface area contributed by atoms with Gasteiger partial charge in [0, 0.05) is 24.5 Å². The van der Waals surface area contributed by atoms with E-state index in [2.05, 4.69) is 21.5 Å². The summed E-state index contributed by atoms with van der Waals surface area (Å²) in [5, 5.41) is 7.71. The zero-order valence-electron chi connectivity index (χ0n) is 10.2. The van der Waals surface area contributed by atoms with Crippen molar-refractivity contribution in [1.29, 1.82) is 0 Å². The van der Waals surface area contributed by atoms with Gasteiger partial charge >= 0.3 is 0 Å². The molecule has 4 nitrogen and oxygen atoms in total. The summed E-state index contributed by atoms with van der Waals surface area (Å²) < 4.78 is 1.88. The molecule has 0 aliphatic rings. The number of aryl methyl sites for hydroxylation is 1. The highest BCUT2D eigenvalue weighted by molar-refractivity contribution is 5.56. The minimum absolute atomic E-state index is 0.750. The zero-order valence-corrected chi connectivity index (χ0v) is 10.2. The van der Waals surface area contributed by atoms with Crippen molar-refractivity contribution in [1.82, 2.24) is 14.6 Å². The van der Waals surface area contributed by atoms with E-state index in [1.54, 1.807) is 6.20 Å². The van der Waals surface area contributed by atoms with E-state index >= 15 is 0 Å². The Morgan fingerprint density at radius 1 is 1.22 bits per heavy atom. The molecule has 0 aromatic carbocycles. The predicted octanol–water partition coefficient (Wildman–Crippen LogP) is 2.65. The van der Waals surface area contributed by atoms with Gasteiger partial charge in [-0.1, -0.05) is 6.07 Å². The van der Waals surface area contributed by atoms with E-state index in [0.717, 1.165) is 23.4 Å². The van der Waals surface area contributed by atoms with Crippen molar-refractivity contribution in [2.24, 2.45) is 0 Å². The quantitative estimate of drug-likeness (QED) is 0.762. The molecule has 0 saturated heterocycles. The van der Waals surface area contributed by atoms with Crippen LogP contribution in [-0.4, -0.2) is 14.6 Å². The smallest absolute Gasteiger partial charge is 0.0711 e. The number of rotatable bonds is 3. The van der Waals surface area contributed by atoms with Crippen LogP contribution in [0.2, 0.25) is 0 Å². The van der Waals surface area contributed by atoms with Gasteiger partial charge in [0.15, 0.2) is 0 Å². The maximum absolute atomic E-state index is 4.31. The summed E-state index contributed by atoms with van der Waals surface area (Å²) in [5.41, 5.74) is 4.38. The molecular weight excluding hydrogens is 224 g/mol. The second-order valence-electron chi connectivity index (χ2n) is 4.19. The van der Waals surface area contributed by atoms with E-state index in [9.17, 15) is 0 Å². The number of hydrogen-bond donors (Lipinski definition) is 1. The second-order valence-corrected chi connectivity index (χ2v) is 4.19. The third-order valence-electron chi connectivity index (χ3n) is 2.98. The average molecular weight is 238 g/mol. The molecule has 0 amide bonds. The molecule has 3 heterocycles. The Labute approximate surface area is 105 Å². The number of nitrogens with zero attached hydrogens (tertiary/aromatic N) is 3. The van der Waals surface area contributed by atoms with E-state index in [4.69, 9.17) is 0 Å². The summed E-state index contributed by atoms with van der Waals surface area (Å²) in [4.78, 5) is 4.26. The third-order valence-corrected chi connectivity index (χ3v) is 2.98. The topological polar surface area (TPSA) is 42.2 Å². The molecule has 4 heteroatoms. The van der Waals surface area contributed by atoms with Gasteiger partial charge in [-0.3, -0.25) is 4.98 Å². The number of fused-ring (bicyclic) bond motifs is 1. The summed E-state index contributed by atoms with van der Waals surface area (Å²) in [6.07, 6.45) is 5.65. The van der Waals surface area contributed by atoms with E-state index in [1.165, 1.54) is 5.56 Å². The Kier molecular flexibility index (Phi) is 2.68. The predicted molar refractivity (Wildman–Crippen MR) is 71.5 cm³/mol. The number of nitrogens with one attached hydrogen (secondary N) is 1. The molecule has 0 unspecified atom stereocenters. The van der Waals surface area contributed by atoms with Crippen molar-refractivity contribution in [2.75, 3.05) is 5.32 Å². The number of hydrogen-bond acceptors (Lipinski definition) is 3. The lowest BCUT2D eigenvalue weighted by atomic mass is 10.2. The summed E-state index contributed by atoms with van der Waals surface area (Å²) in [5.74, 6) is 0. The van der Waals surface area contributed by atoms with Crippen LogP contribution in [0.4, 0.5) is 5.69 Å². The number of pyridine rings is 2. The lowest BCUT2D eigenvalue weighted by molar-refractivity contribution is 0.961. The summed E-state index contributed by atoms with van der Waals surface area (Å²) in [7, 11) is 0. The van der Waals surface area contributed by atoms with Crippen molar-refractivity contribution in [3.05, 3.63) is 60.2 Å². The second kappa shape index (κ2) is 4.49. The fourth-order valence-electron chi connectivity index (χ4n) is 1.99. The number of aromatic nitrogens is 3. The minimum Gasteiger partial charge on any atom is -0.379 e. The first kappa shape index (κ1) is 10.8. The van der Waals surface area contributed by atoms with Crippen LogP contribution in [-0.2, 0) is 6.54 Å². The Morgan fingerprint density at radius 2 is 2.17 bits per heavy atom. The van der Waals surface area contributed by atoms with Gasteiger partial charge in [-0.25, -0.2) is 4.52 Å². The molecule has 0 atom stereocenters. The van der Waals surface area contributed by atoms with E-state index in [1.807, 2.05) is 48.1 Å². The molecule has 1 N–H and O–H groups in total. The Morgan fingerprint density at radius 3 is 3.06 bits per heavy atom. The first-order chi connectivity index (χ1) is 8.84. The molecule has 0 aliphatic heterocycles. The molecule has 0 aliphatic carbocycles. The van der Waals surface area contributed by atoms with E-state index < -0.39 is 0 Å². The lowest BCUT2D eigenvalue weighted by Crippen LogP contribution is -2.01. The Hall–Kier alpha value is -2.36. The fourth-order valence-corrected chi connectivity index (χ4v) is 1.99. The Bertz CT molecular complexity index is 672. The van der Waals surface area contributed by atoms with Gasteiger partial charge in [-0.2, -0.15) is 5.10 Å². The van der Waals surface area contributed by atoms with Crippen LogP contribution in [0.25, 0.3) is 5.52 Å². The molecule has 3 aromatic heterocycles. The lowest BCUT2D eigenvalue weighted by Gasteiger charge is -2.07. The molecular formula is C14H14N4. The highest BCUT2D eigenvalue weighted by Crippen LogP contribution is 2.15. The SMILES string of the molecule is Cc1ncccc1NCc1cnn2ccccc12. The molecule has 0 radical (unpaired) electrons. The summed E-state index contributed by atoms with van der Waals surface area (Å²) in [6, 6.07) is 10.0. The average Bonchev–Trinajstić information content (AvgIpc) is 2.81. The van der Waals surface area contributed by atoms with Gasteiger partial charge in [0.25, 0.3) is 0 Å². The molecule has 3 aromatic rings. The first-order valence-corrected chi connectivity index (χ1v) is 5.91. The summed E-state index contributed by atoms with van der Waals surface area (Å²) >= 11 is 0. The number of anilines is 1. The first-order valence-electron chi connectivity index (χ1n) is 5.91. The third kappa shape index (κ3) is 1.93. The molecule has 3 rings (SSSR count). The zero-order chi connectivity index (χ0) is 12.4. The van der Waals surface area contributed by atoms with Gasteiger partial charge < -0.3 is 5.32 Å². The molecule has 18 heavy (non-hydrogen) atoms. The fraction of sp³-hybridized carbons (Fsp3) is 0.143. The van der Waals surface area contributed by atoms with Crippen LogP contribution < -0.4 is 5.32 Å². The van der Waals surface area contributed by atoms with Crippen molar-refractivity contribution < 1.29 is 0 Å². The monoisotopic (exact) mass is 238 g/mol. The highest BCUT2D eigenvalue weighted by atomic mass is 15.2. The molecule has 0 fully saturated rings. The van der Waals surface area contributed by atoms with Crippen LogP contribution in [0.15, 0.2) is 48.9 Å². The van der Waals surface area contributed by atoms with Gasteiger partial charge in [0.05, 0.1) is 23.1 Å². The van der Waals surface area contributed by atoms with Crippen LogP contribution in [0.3, 0.4) is 0 Å². The Balaban J connectivity index is 1.83. The van der Waals surface area contributed by atoms with Crippen LogP contribution >= 0.6 is 0 Å². The van der Waals surface area contributed by atoms with E-state index in [0.29, 0.717) is 0 Å². The maximum Gasteiger partial charge on any atom is 0.0711 e. The van der Waals surface area contributed by atoms with Crippen LogP contribution in [0.5, 0.6) is 0 Å². The van der Waals surface area contributed by atoms with Crippen molar-refractivity contribution in [3.8, 4) is 0 Å². The van der Waals surface area contributed by atoms with Crippen LogP contribution in [0, 0.1) is 6.92 Å².